The number of aromatic nitrogens is 4. The van der Waals surface area contributed by atoms with Crippen LogP contribution in [-0.4, -0.2) is 36.3 Å². The lowest BCUT2D eigenvalue weighted by molar-refractivity contribution is -0.0507. The maximum absolute atomic E-state index is 13.1. The smallest absolute Gasteiger partial charge is 0.387 e. The predicted molar refractivity (Wildman–Crippen MR) is 122 cm³/mol. The van der Waals surface area contributed by atoms with E-state index in [9.17, 15) is 19.0 Å². The van der Waals surface area contributed by atoms with Crippen molar-refractivity contribution in [3.8, 4) is 16.9 Å². The fourth-order valence-corrected chi connectivity index (χ4v) is 4.65. The molecule has 0 spiro atoms. The van der Waals surface area contributed by atoms with Crippen LogP contribution in [0.4, 0.5) is 8.78 Å². The third-order valence-electron chi connectivity index (χ3n) is 5.87. The van der Waals surface area contributed by atoms with E-state index in [1.54, 1.807) is 32.3 Å². The van der Waals surface area contributed by atoms with E-state index in [0.717, 1.165) is 11.1 Å². The molecular formula is C24H21ClF2N4O3. The lowest BCUT2D eigenvalue weighted by Crippen LogP contribution is -2.19. The molecule has 3 heterocycles. The maximum atomic E-state index is 13.1. The second-order valence-electron chi connectivity index (χ2n) is 8.70. The summed E-state index contributed by atoms with van der Waals surface area (Å²) in [5, 5.41) is 21.1. The summed E-state index contributed by atoms with van der Waals surface area (Å²) in [5.41, 5.74) is 2.06. The van der Waals surface area contributed by atoms with Gasteiger partial charge in [0.15, 0.2) is 5.82 Å². The number of benzene rings is 2. The zero-order valence-corrected chi connectivity index (χ0v) is 19.0. The van der Waals surface area contributed by atoms with Gasteiger partial charge in [0.1, 0.15) is 23.3 Å². The molecule has 2 aromatic carbocycles. The second-order valence-corrected chi connectivity index (χ2v) is 9.10. The number of imidazole rings is 1. The minimum Gasteiger partial charge on any atom is -0.434 e. The van der Waals surface area contributed by atoms with E-state index in [0.29, 0.717) is 28.2 Å². The van der Waals surface area contributed by atoms with E-state index in [1.807, 2.05) is 22.8 Å². The number of ether oxygens (including phenoxy) is 1. The summed E-state index contributed by atoms with van der Waals surface area (Å²) >= 11 is 6.43. The molecule has 0 amide bonds. The zero-order chi connectivity index (χ0) is 24.2. The van der Waals surface area contributed by atoms with E-state index >= 15 is 0 Å². The first-order chi connectivity index (χ1) is 16.1. The molecule has 2 aromatic heterocycles. The molecule has 2 unspecified atom stereocenters. The first-order valence-corrected chi connectivity index (χ1v) is 11.0. The summed E-state index contributed by atoms with van der Waals surface area (Å²) in [6.45, 7) is 0.201. The van der Waals surface area contributed by atoms with Crippen LogP contribution in [0.3, 0.4) is 0 Å². The third-order valence-corrected chi connectivity index (χ3v) is 6.20. The van der Waals surface area contributed by atoms with Gasteiger partial charge >= 0.3 is 6.61 Å². The van der Waals surface area contributed by atoms with Gasteiger partial charge in [-0.05, 0) is 43.7 Å². The quantitative estimate of drug-likeness (QED) is 0.412. The normalized spacial score (nSPS) is 18.0. The number of aliphatic hydroxyl groups excluding tert-OH is 1. The van der Waals surface area contributed by atoms with Crippen LogP contribution in [0.5, 0.6) is 5.75 Å². The van der Waals surface area contributed by atoms with Crippen molar-refractivity contribution in [2.45, 2.75) is 44.6 Å². The molecule has 7 nitrogen and oxygen atoms in total. The number of alkyl halides is 2. The van der Waals surface area contributed by atoms with Gasteiger partial charge in [-0.15, -0.1) is 0 Å². The highest BCUT2D eigenvalue weighted by Gasteiger charge is 2.37. The fraction of sp³-hybridized carbons (Fsp3) is 0.292. The lowest BCUT2D eigenvalue weighted by Gasteiger charge is -2.20. The standard InChI is InChI=1S/C24H21ClF2N4O3/c1-24(2,33)22-28-10-13(11-29-22)12-6-7-15-16(8-12)31-17(9-18(32)21(31)30-15)20-14(25)4-3-5-19(20)34-23(26)27/h3-8,10-11,17-18,23,32-33H,9H2,1-2H3. The summed E-state index contributed by atoms with van der Waals surface area (Å²) in [6, 6.07) is 9.57. The topological polar surface area (TPSA) is 93.3 Å². The Labute approximate surface area is 198 Å². The Morgan fingerprint density at radius 2 is 1.88 bits per heavy atom. The second kappa shape index (κ2) is 8.26. The molecule has 2 N–H and O–H groups in total. The van der Waals surface area contributed by atoms with Gasteiger partial charge in [0.2, 0.25) is 0 Å². The van der Waals surface area contributed by atoms with Crippen molar-refractivity contribution in [3.63, 3.8) is 0 Å². The van der Waals surface area contributed by atoms with Crippen LogP contribution < -0.4 is 4.74 Å². The van der Waals surface area contributed by atoms with Crippen molar-refractivity contribution < 1.29 is 23.7 Å². The van der Waals surface area contributed by atoms with Crippen LogP contribution >= 0.6 is 11.6 Å². The SMILES string of the molecule is CC(C)(O)c1ncc(-c2ccc3nc4n(c3c2)C(c2c(Cl)cccc2OC(F)F)CC4O)cn1. The minimum absolute atomic E-state index is 0.0406. The molecule has 0 saturated carbocycles. The molecule has 0 saturated heterocycles. The molecule has 5 rings (SSSR count). The number of aliphatic hydroxyl groups is 2. The van der Waals surface area contributed by atoms with Crippen LogP contribution in [0.15, 0.2) is 48.8 Å². The maximum Gasteiger partial charge on any atom is 0.387 e. The monoisotopic (exact) mass is 486 g/mol. The number of hydrogen-bond donors (Lipinski definition) is 2. The van der Waals surface area contributed by atoms with Gasteiger partial charge in [-0.1, -0.05) is 23.7 Å². The summed E-state index contributed by atoms with van der Waals surface area (Å²) in [4.78, 5) is 13.1. The molecule has 34 heavy (non-hydrogen) atoms. The van der Waals surface area contributed by atoms with Crippen LogP contribution in [-0.2, 0) is 5.60 Å². The van der Waals surface area contributed by atoms with Gasteiger partial charge in [-0.3, -0.25) is 0 Å². The van der Waals surface area contributed by atoms with Gasteiger partial charge in [0.25, 0.3) is 0 Å². The van der Waals surface area contributed by atoms with Gasteiger partial charge in [0.05, 0.1) is 17.1 Å². The molecule has 10 heteroatoms. The highest BCUT2D eigenvalue weighted by Crippen LogP contribution is 2.46. The molecule has 2 atom stereocenters. The molecule has 1 aliphatic heterocycles. The third kappa shape index (κ3) is 3.89. The van der Waals surface area contributed by atoms with Crippen LogP contribution in [0.2, 0.25) is 5.02 Å². The summed E-state index contributed by atoms with van der Waals surface area (Å²) < 4.78 is 32.7. The van der Waals surface area contributed by atoms with E-state index in [1.165, 1.54) is 12.1 Å². The first kappa shape index (κ1) is 22.6. The number of halogens is 3. The largest absolute Gasteiger partial charge is 0.434 e. The van der Waals surface area contributed by atoms with Gasteiger partial charge in [-0.25, -0.2) is 15.0 Å². The van der Waals surface area contributed by atoms with Crippen molar-refractivity contribution in [1.82, 2.24) is 19.5 Å². The molecule has 4 aromatic rings. The van der Waals surface area contributed by atoms with Gasteiger partial charge < -0.3 is 19.5 Å². The predicted octanol–water partition coefficient (Wildman–Crippen LogP) is 5.00. The molecule has 0 aliphatic carbocycles. The summed E-state index contributed by atoms with van der Waals surface area (Å²) in [6.07, 6.45) is 2.57. The minimum atomic E-state index is -3.01. The van der Waals surface area contributed by atoms with E-state index in [2.05, 4.69) is 15.0 Å². The van der Waals surface area contributed by atoms with E-state index in [4.69, 9.17) is 16.3 Å². The van der Waals surface area contributed by atoms with E-state index < -0.39 is 24.4 Å². The number of hydrogen-bond acceptors (Lipinski definition) is 6. The van der Waals surface area contributed by atoms with Crippen molar-refractivity contribution in [2.75, 3.05) is 0 Å². The Kier molecular flexibility index (Phi) is 5.50. The zero-order valence-electron chi connectivity index (χ0n) is 18.3. The lowest BCUT2D eigenvalue weighted by atomic mass is 10.0. The number of rotatable bonds is 5. The van der Waals surface area contributed by atoms with Crippen molar-refractivity contribution >= 4 is 22.6 Å². The Morgan fingerprint density at radius 3 is 2.56 bits per heavy atom. The Bertz CT molecular complexity index is 1370. The van der Waals surface area contributed by atoms with Crippen molar-refractivity contribution in [3.05, 3.63) is 71.0 Å². The highest BCUT2D eigenvalue weighted by molar-refractivity contribution is 6.31. The Balaban J connectivity index is 1.63. The molecular weight excluding hydrogens is 466 g/mol. The fourth-order valence-electron chi connectivity index (χ4n) is 4.36. The average molecular weight is 487 g/mol. The number of fused-ring (bicyclic) bond motifs is 3. The van der Waals surface area contributed by atoms with Gasteiger partial charge in [-0.2, -0.15) is 8.78 Å². The van der Waals surface area contributed by atoms with Crippen molar-refractivity contribution in [2.24, 2.45) is 0 Å². The summed E-state index contributed by atoms with van der Waals surface area (Å²) in [7, 11) is 0. The van der Waals surface area contributed by atoms with Crippen molar-refractivity contribution in [1.29, 1.82) is 0 Å². The van der Waals surface area contributed by atoms with E-state index in [-0.39, 0.29) is 17.2 Å². The molecule has 0 radical (unpaired) electrons. The average Bonchev–Trinajstić information content (AvgIpc) is 3.30. The van der Waals surface area contributed by atoms with Crippen LogP contribution in [0.25, 0.3) is 22.2 Å². The highest BCUT2D eigenvalue weighted by atomic mass is 35.5. The molecule has 0 fully saturated rings. The molecule has 1 aliphatic rings. The summed E-state index contributed by atoms with van der Waals surface area (Å²) in [5.74, 6) is 0.686. The van der Waals surface area contributed by atoms with Crippen LogP contribution in [0, 0.1) is 0 Å². The van der Waals surface area contributed by atoms with Crippen LogP contribution in [0.1, 0.15) is 49.6 Å². The Hall–Kier alpha value is -3.14. The molecule has 176 valence electrons. The first-order valence-electron chi connectivity index (χ1n) is 10.6. The number of nitrogens with zero attached hydrogens (tertiary/aromatic N) is 4. The Morgan fingerprint density at radius 1 is 1.15 bits per heavy atom. The molecule has 0 bridgehead atoms. The van der Waals surface area contributed by atoms with Gasteiger partial charge in [0, 0.05) is 35.0 Å².